The van der Waals surface area contributed by atoms with E-state index in [-0.39, 0.29) is 18.0 Å². The SMILES string of the molecule is CN(C)S(=O)(=O)c1cncc(-c2c(Cl)n(CC(F)=CCN)c3ccccc23)c1. The Balaban J connectivity index is 2.23. The molecular weight excluding hydrogens is 403 g/mol. The maximum absolute atomic E-state index is 14.1. The number of hydrogen-bond acceptors (Lipinski definition) is 4. The van der Waals surface area contributed by atoms with Gasteiger partial charge in [-0.1, -0.05) is 29.8 Å². The van der Waals surface area contributed by atoms with Crippen LogP contribution in [0.25, 0.3) is 22.0 Å². The van der Waals surface area contributed by atoms with E-state index in [4.69, 9.17) is 17.3 Å². The maximum atomic E-state index is 14.1. The predicted molar refractivity (Wildman–Crippen MR) is 109 cm³/mol. The molecule has 6 nitrogen and oxygen atoms in total. The minimum atomic E-state index is -3.66. The highest BCUT2D eigenvalue weighted by Gasteiger charge is 2.22. The summed E-state index contributed by atoms with van der Waals surface area (Å²) in [6.07, 6.45) is 4.12. The van der Waals surface area contributed by atoms with Gasteiger partial charge in [-0.3, -0.25) is 4.98 Å². The standard InChI is InChI=1S/C19H20ClFN4O2S/c1-24(2)28(26,27)15-9-13(10-23-11-15)18-16-5-3-4-6-17(16)25(19(18)20)12-14(21)7-8-22/h3-7,9-11H,8,12,22H2,1-2H3. The zero-order valence-electron chi connectivity index (χ0n) is 15.4. The first-order chi connectivity index (χ1) is 13.3. The highest BCUT2D eigenvalue weighted by Crippen LogP contribution is 2.39. The summed E-state index contributed by atoms with van der Waals surface area (Å²) in [5.74, 6) is -0.404. The van der Waals surface area contributed by atoms with Gasteiger partial charge in [-0.15, -0.1) is 0 Å². The Labute approximate surface area is 168 Å². The molecule has 0 unspecified atom stereocenters. The van der Waals surface area contributed by atoms with E-state index in [1.165, 1.54) is 32.4 Å². The van der Waals surface area contributed by atoms with Crippen LogP contribution >= 0.6 is 11.6 Å². The van der Waals surface area contributed by atoms with Gasteiger partial charge in [-0.25, -0.2) is 17.1 Å². The second-order valence-electron chi connectivity index (χ2n) is 6.35. The number of sulfonamides is 1. The molecule has 0 aliphatic rings. The quantitative estimate of drug-likeness (QED) is 0.660. The minimum Gasteiger partial charge on any atom is -0.327 e. The van der Waals surface area contributed by atoms with E-state index in [9.17, 15) is 12.8 Å². The number of nitrogens with zero attached hydrogens (tertiary/aromatic N) is 3. The van der Waals surface area contributed by atoms with Crippen LogP contribution in [0.2, 0.25) is 5.15 Å². The summed E-state index contributed by atoms with van der Waals surface area (Å²) in [5, 5.41) is 1.07. The lowest BCUT2D eigenvalue weighted by Gasteiger charge is -2.12. The lowest BCUT2D eigenvalue weighted by molar-refractivity contribution is 0.520. The van der Waals surface area contributed by atoms with E-state index in [0.717, 1.165) is 15.2 Å². The monoisotopic (exact) mass is 422 g/mol. The molecule has 0 saturated carbocycles. The summed E-state index contributed by atoms with van der Waals surface area (Å²) in [6, 6.07) is 8.87. The highest BCUT2D eigenvalue weighted by molar-refractivity contribution is 7.89. The van der Waals surface area contributed by atoms with Crippen molar-refractivity contribution < 1.29 is 12.8 Å². The number of para-hydroxylation sites is 1. The Bertz CT molecular complexity index is 1160. The number of aromatic nitrogens is 2. The molecule has 1 aromatic carbocycles. The molecule has 0 saturated heterocycles. The number of fused-ring (bicyclic) bond motifs is 1. The number of hydrogen-bond donors (Lipinski definition) is 1. The number of halogens is 2. The van der Waals surface area contributed by atoms with Crippen molar-refractivity contribution in [1.29, 1.82) is 0 Å². The topological polar surface area (TPSA) is 81.2 Å². The fourth-order valence-electron chi connectivity index (χ4n) is 2.95. The molecule has 0 fully saturated rings. The largest absolute Gasteiger partial charge is 0.327 e. The first-order valence-electron chi connectivity index (χ1n) is 8.46. The molecule has 2 heterocycles. The van der Waals surface area contributed by atoms with Gasteiger partial charge in [-0.05, 0) is 18.2 Å². The summed E-state index contributed by atoms with van der Waals surface area (Å²) < 4.78 is 41.8. The lowest BCUT2D eigenvalue weighted by Crippen LogP contribution is -2.22. The molecular formula is C19H20ClFN4O2S. The van der Waals surface area contributed by atoms with Crippen molar-refractivity contribution in [2.45, 2.75) is 11.4 Å². The molecule has 3 rings (SSSR count). The van der Waals surface area contributed by atoms with Gasteiger partial charge in [0.1, 0.15) is 15.9 Å². The Morgan fingerprint density at radius 3 is 2.71 bits per heavy atom. The van der Waals surface area contributed by atoms with Gasteiger partial charge in [0.15, 0.2) is 0 Å². The number of benzene rings is 1. The summed E-state index contributed by atoms with van der Waals surface area (Å²) in [5.41, 5.74) is 7.24. The van der Waals surface area contributed by atoms with Crippen LogP contribution in [0, 0.1) is 0 Å². The molecule has 0 radical (unpaired) electrons. The molecule has 28 heavy (non-hydrogen) atoms. The molecule has 0 aliphatic carbocycles. The molecule has 0 atom stereocenters. The second-order valence-corrected chi connectivity index (χ2v) is 8.86. The molecule has 3 aromatic rings. The molecule has 0 aliphatic heterocycles. The third-order valence-corrected chi connectivity index (χ3v) is 6.51. The Morgan fingerprint density at radius 1 is 1.32 bits per heavy atom. The molecule has 9 heteroatoms. The zero-order chi connectivity index (χ0) is 20.5. The molecule has 2 N–H and O–H groups in total. The molecule has 148 valence electrons. The Kier molecular flexibility index (Phi) is 5.85. The van der Waals surface area contributed by atoms with E-state index in [2.05, 4.69) is 4.98 Å². The van der Waals surface area contributed by atoms with Crippen molar-refractivity contribution in [3.63, 3.8) is 0 Å². The maximum Gasteiger partial charge on any atom is 0.244 e. The van der Waals surface area contributed by atoms with Crippen LogP contribution in [0.3, 0.4) is 0 Å². The van der Waals surface area contributed by atoms with Crippen LogP contribution in [0.15, 0.2) is 59.5 Å². The molecule has 0 amide bonds. The fourth-order valence-corrected chi connectivity index (χ4v) is 4.21. The zero-order valence-corrected chi connectivity index (χ0v) is 17.0. The van der Waals surface area contributed by atoms with Gasteiger partial charge in [0.25, 0.3) is 0 Å². The summed E-state index contributed by atoms with van der Waals surface area (Å²) >= 11 is 6.61. The van der Waals surface area contributed by atoms with Crippen molar-refractivity contribution in [2.75, 3.05) is 20.6 Å². The number of nitrogens with two attached hydrogens (primary N) is 1. The average molecular weight is 423 g/mol. The van der Waals surface area contributed by atoms with Crippen molar-refractivity contribution in [3.8, 4) is 11.1 Å². The van der Waals surface area contributed by atoms with Crippen molar-refractivity contribution in [1.82, 2.24) is 13.9 Å². The normalized spacial score (nSPS) is 12.9. The first-order valence-corrected chi connectivity index (χ1v) is 10.3. The van der Waals surface area contributed by atoms with Crippen molar-refractivity contribution >= 4 is 32.5 Å². The van der Waals surface area contributed by atoms with Gasteiger partial charge >= 0.3 is 0 Å². The number of pyridine rings is 1. The van der Waals surface area contributed by atoms with Gasteiger partial charge in [0, 0.05) is 49.5 Å². The molecule has 2 aromatic heterocycles. The van der Waals surface area contributed by atoms with E-state index in [1.54, 1.807) is 10.8 Å². The predicted octanol–water partition coefficient (Wildman–Crippen LogP) is 3.42. The average Bonchev–Trinajstić information content (AvgIpc) is 2.94. The first kappa shape index (κ1) is 20.5. The van der Waals surface area contributed by atoms with Crippen LogP contribution in [-0.2, 0) is 16.6 Å². The fraction of sp³-hybridized carbons (Fsp3) is 0.211. The van der Waals surface area contributed by atoms with Gasteiger partial charge in [0.05, 0.1) is 12.1 Å². The van der Waals surface area contributed by atoms with Crippen molar-refractivity contribution in [2.24, 2.45) is 5.73 Å². The van der Waals surface area contributed by atoms with Gasteiger partial charge in [0.2, 0.25) is 10.0 Å². The minimum absolute atomic E-state index is 0.0529. The van der Waals surface area contributed by atoms with Gasteiger partial charge in [-0.2, -0.15) is 0 Å². The van der Waals surface area contributed by atoms with E-state index < -0.39 is 15.9 Å². The van der Waals surface area contributed by atoms with Crippen LogP contribution in [0.1, 0.15) is 0 Å². The van der Waals surface area contributed by atoms with E-state index in [0.29, 0.717) is 16.3 Å². The van der Waals surface area contributed by atoms with Crippen LogP contribution in [0.4, 0.5) is 4.39 Å². The lowest BCUT2D eigenvalue weighted by atomic mass is 10.1. The highest BCUT2D eigenvalue weighted by atomic mass is 35.5. The molecule has 0 bridgehead atoms. The third-order valence-electron chi connectivity index (χ3n) is 4.34. The van der Waals surface area contributed by atoms with Gasteiger partial charge < -0.3 is 10.3 Å². The smallest absolute Gasteiger partial charge is 0.244 e. The molecule has 0 spiro atoms. The summed E-state index contributed by atoms with van der Waals surface area (Å²) in [4.78, 5) is 4.13. The van der Waals surface area contributed by atoms with Crippen molar-refractivity contribution in [3.05, 3.63) is 59.8 Å². The summed E-state index contributed by atoms with van der Waals surface area (Å²) in [6.45, 7) is 0.0174. The Hall–Kier alpha value is -2.26. The van der Waals surface area contributed by atoms with Crippen LogP contribution in [0.5, 0.6) is 0 Å². The van der Waals surface area contributed by atoms with Crippen LogP contribution in [-0.4, -0.2) is 42.9 Å². The summed E-state index contributed by atoms with van der Waals surface area (Å²) in [7, 11) is -0.752. The van der Waals surface area contributed by atoms with E-state index >= 15 is 0 Å². The second kappa shape index (κ2) is 8.00. The number of rotatable bonds is 6. The number of allylic oxidation sites excluding steroid dienone is 1. The Morgan fingerprint density at radius 2 is 2.04 bits per heavy atom. The third kappa shape index (κ3) is 3.68. The van der Waals surface area contributed by atoms with E-state index in [1.807, 2.05) is 24.3 Å². The van der Waals surface area contributed by atoms with Crippen LogP contribution < -0.4 is 5.73 Å².